The number of amides is 1. The van der Waals surface area contributed by atoms with Gasteiger partial charge < -0.3 is 15.4 Å². The molecular weight excluding hydrogens is 493 g/mol. The Bertz CT molecular complexity index is 1280. The highest BCUT2D eigenvalue weighted by atomic mass is 35.5. The Hall–Kier alpha value is -2.99. The molecule has 0 fully saturated rings. The minimum atomic E-state index is -0.125. The third kappa shape index (κ3) is 6.32. The molecule has 0 aliphatic heterocycles. The van der Waals surface area contributed by atoms with Crippen molar-refractivity contribution in [1.29, 1.82) is 0 Å². The maximum absolute atomic E-state index is 12.2. The molecule has 0 atom stereocenters. The molecule has 0 radical (unpaired) electrons. The number of halogens is 3. The molecule has 176 valence electrons. The smallest absolute Gasteiger partial charge is 0.251 e. The van der Waals surface area contributed by atoms with Gasteiger partial charge in [-0.1, -0.05) is 59.6 Å². The molecule has 0 bridgehead atoms. The summed E-state index contributed by atoms with van der Waals surface area (Å²) in [4.78, 5) is 16.9. The number of aromatic nitrogens is 1. The average molecular weight is 517 g/mol. The van der Waals surface area contributed by atoms with Gasteiger partial charge in [0.05, 0.1) is 16.6 Å². The van der Waals surface area contributed by atoms with E-state index in [0.717, 1.165) is 27.8 Å². The molecule has 5 nitrogen and oxygen atoms in total. The van der Waals surface area contributed by atoms with Crippen LogP contribution in [0, 0.1) is 6.92 Å². The summed E-state index contributed by atoms with van der Waals surface area (Å²) >= 11 is 12.2. The van der Waals surface area contributed by atoms with Crippen molar-refractivity contribution < 1.29 is 9.53 Å². The molecule has 1 heterocycles. The first kappa shape index (κ1) is 25.6. The number of pyridine rings is 1. The number of aryl methyl sites for hydroxylation is 1. The lowest BCUT2D eigenvalue weighted by Crippen LogP contribution is -2.28. The molecule has 0 unspecified atom stereocenters. The molecule has 4 aromatic rings. The first-order valence-corrected chi connectivity index (χ1v) is 11.3. The molecule has 2 N–H and O–H groups in total. The van der Waals surface area contributed by atoms with E-state index >= 15 is 0 Å². The molecule has 4 rings (SSSR count). The van der Waals surface area contributed by atoms with E-state index in [-0.39, 0.29) is 18.3 Å². The zero-order valence-electron chi connectivity index (χ0n) is 18.5. The fourth-order valence-corrected chi connectivity index (χ4v) is 3.80. The van der Waals surface area contributed by atoms with Crippen molar-refractivity contribution in [3.8, 4) is 5.75 Å². The molecule has 1 amide bonds. The van der Waals surface area contributed by atoms with Crippen molar-refractivity contribution in [2.45, 2.75) is 13.5 Å². The zero-order chi connectivity index (χ0) is 23.2. The quantitative estimate of drug-likeness (QED) is 0.256. The Morgan fingerprint density at radius 1 is 0.971 bits per heavy atom. The first-order chi connectivity index (χ1) is 16.0. The molecule has 0 aliphatic rings. The van der Waals surface area contributed by atoms with Crippen LogP contribution >= 0.6 is 35.6 Å². The number of nitrogens with zero attached hydrogens (tertiary/aromatic N) is 1. The van der Waals surface area contributed by atoms with Gasteiger partial charge in [-0.25, -0.2) is 4.98 Å². The van der Waals surface area contributed by atoms with Crippen molar-refractivity contribution in [2.75, 3.05) is 18.5 Å². The molecule has 0 spiro atoms. The van der Waals surface area contributed by atoms with Crippen molar-refractivity contribution in [3.63, 3.8) is 0 Å². The van der Waals surface area contributed by atoms with Crippen LogP contribution in [0.4, 0.5) is 5.69 Å². The Labute approximate surface area is 214 Å². The van der Waals surface area contributed by atoms with Gasteiger partial charge in [0.1, 0.15) is 17.9 Å². The number of fused-ring (bicyclic) bond motifs is 1. The standard InChI is InChI=1S/C26H23Cl2N3O2.ClH/c1-17-14-23(30-16-18-10-11-21(27)22(28)15-18)20-8-5-9-24(25(20)31-17)33-13-12-29-26(32)19-6-3-2-4-7-19;/h2-11,14-15H,12-13,16H2,1H3,(H,29,32)(H,30,31);1H. The van der Waals surface area contributed by atoms with Crippen LogP contribution in [0.2, 0.25) is 10.0 Å². The summed E-state index contributed by atoms with van der Waals surface area (Å²) in [5, 5.41) is 8.35. The Morgan fingerprint density at radius 3 is 2.53 bits per heavy atom. The van der Waals surface area contributed by atoms with Crippen LogP contribution in [0.1, 0.15) is 21.6 Å². The predicted molar refractivity (Wildman–Crippen MR) is 142 cm³/mol. The van der Waals surface area contributed by atoms with E-state index in [1.54, 1.807) is 18.2 Å². The highest BCUT2D eigenvalue weighted by molar-refractivity contribution is 6.42. The van der Waals surface area contributed by atoms with E-state index in [9.17, 15) is 4.79 Å². The Balaban J connectivity index is 0.00000324. The molecule has 0 saturated carbocycles. The monoisotopic (exact) mass is 515 g/mol. The lowest BCUT2D eigenvalue weighted by molar-refractivity contribution is 0.0947. The minimum Gasteiger partial charge on any atom is -0.489 e. The van der Waals surface area contributed by atoms with Crippen LogP contribution in [0.5, 0.6) is 5.75 Å². The average Bonchev–Trinajstić information content (AvgIpc) is 2.83. The van der Waals surface area contributed by atoms with Gasteiger partial charge in [0, 0.05) is 28.9 Å². The van der Waals surface area contributed by atoms with Gasteiger partial charge in [-0.2, -0.15) is 0 Å². The molecule has 0 saturated heterocycles. The van der Waals surface area contributed by atoms with Gasteiger partial charge in [0.25, 0.3) is 5.91 Å². The number of nitrogens with one attached hydrogen (secondary N) is 2. The number of ether oxygens (including phenoxy) is 1. The Kier molecular flexibility index (Phi) is 8.99. The van der Waals surface area contributed by atoms with Crippen molar-refractivity contribution >= 4 is 58.1 Å². The van der Waals surface area contributed by atoms with Gasteiger partial charge in [0.2, 0.25) is 0 Å². The van der Waals surface area contributed by atoms with Gasteiger partial charge in [-0.15, -0.1) is 12.4 Å². The number of rotatable bonds is 8. The number of hydrogen-bond donors (Lipinski definition) is 2. The van der Waals surface area contributed by atoms with Crippen LogP contribution in [0.15, 0.2) is 72.8 Å². The van der Waals surface area contributed by atoms with E-state index in [0.29, 0.717) is 41.1 Å². The number of anilines is 1. The maximum Gasteiger partial charge on any atom is 0.251 e. The highest BCUT2D eigenvalue weighted by Crippen LogP contribution is 2.31. The fourth-order valence-electron chi connectivity index (χ4n) is 3.48. The minimum absolute atomic E-state index is 0. The van der Waals surface area contributed by atoms with Crippen LogP contribution in [0.25, 0.3) is 10.9 Å². The number of para-hydroxylation sites is 1. The molecule has 34 heavy (non-hydrogen) atoms. The normalized spacial score (nSPS) is 10.4. The van der Waals surface area contributed by atoms with Crippen molar-refractivity contribution in [3.05, 3.63) is 99.7 Å². The second kappa shape index (κ2) is 11.9. The molecule has 0 aliphatic carbocycles. The highest BCUT2D eigenvalue weighted by Gasteiger charge is 2.10. The van der Waals surface area contributed by atoms with E-state index in [1.165, 1.54) is 0 Å². The second-order valence-corrected chi connectivity index (χ2v) is 8.35. The summed E-state index contributed by atoms with van der Waals surface area (Å²) in [6.07, 6.45) is 0. The Morgan fingerprint density at radius 2 is 1.76 bits per heavy atom. The fraction of sp³-hybridized carbons (Fsp3) is 0.154. The van der Waals surface area contributed by atoms with E-state index in [2.05, 4.69) is 15.6 Å². The summed E-state index contributed by atoms with van der Waals surface area (Å²) in [5.41, 5.74) is 4.23. The molecule has 1 aromatic heterocycles. The maximum atomic E-state index is 12.2. The molecule has 8 heteroatoms. The van der Waals surface area contributed by atoms with E-state index in [1.807, 2.05) is 61.5 Å². The number of benzene rings is 3. The SMILES string of the molecule is Cc1cc(NCc2ccc(Cl)c(Cl)c2)c2cccc(OCCNC(=O)c3ccccc3)c2n1.Cl. The van der Waals surface area contributed by atoms with Gasteiger partial charge in [-0.3, -0.25) is 4.79 Å². The summed E-state index contributed by atoms with van der Waals surface area (Å²) < 4.78 is 5.97. The lowest BCUT2D eigenvalue weighted by atomic mass is 10.1. The van der Waals surface area contributed by atoms with Crippen LogP contribution in [-0.4, -0.2) is 24.0 Å². The van der Waals surface area contributed by atoms with Gasteiger partial charge in [0.15, 0.2) is 0 Å². The summed E-state index contributed by atoms with van der Waals surface area (Å²) in [6.45, 7) is 3.25. The molecule has 3 aromatic carbocycles. The second-order valence-electron chi connectivity index (χ2n) is 7.54. The third-order valence-corrected chi connectivity index (χ3v) is 5.82. The van der Waals surface area contributed by atoms with Crippen molar-refractivity contribution in [1.82, 2.24) is 10.3 Å². The summed E-state index contributed by atoms with van der Waals surface area (Å²) in [7, 11) is 0. The topological polar surface area (TPSA) is 63.2 Å². The van der Waals surface area contributed by atoms with Crippen LogP contribution in [0.3, 0.4) is 0 Å². The lowest BCUT2D eigenvalue weighted by Gasteiger charge is -2.14. The largest absolute Gasteiger partial charge is 0.489 e. The summed E-state index contributed by atoms with van der Waals surface area (Å²) in [5.74, 6) is 0.544. The molecular formula is C26H24Cl3N3O2. The van der Waals surface area contributed by atoms with E-state index in [4.69, 9.17) is 27.9 Å². The first-order valence-electron chi connectivity index (χ1n) is 10.6. The number of hydrogen-bond acceptors (Lipinski definition) is 4. The predicted octanol–water partition coefficient (Wildman–Crippen LogP) is 6.69. The van der Waals surface area contributed by atoms with Crippen molar-refractivity contribution in [2.24, 2.45) is 0 Å². The van der Waals surface area contributed by atoms with E-state index < -0.39 is 0 Å². The van der Waals surface area contributed by atoms with Gasteiger partial charge >= 0.3 is 0 Å². The zero-order valence-corrected chi connectivity index (χ0v) is 20.8. The number of carbonyl (C=O) groups excluding carboxylic acids is 1. The number of carbonyl (C=O) groups is 1. The van der Waals surface area contributed by atoms with Crippen LogP contribution in [-0.2, 0) is 6.54 Å². The van der Waals surface area contributed by atoms with Crippen LogP contribution < -0.4 is 15.4 Å². The van der Waals surface area contributed by atoms with Gasteiger partial charge in [-0.05, 0) is 48.9 Å². The third-order valence-electron chi connectivity index (χ3n) is 5.08. The summed E-state index contributed by atoms with van der Waals surface area (Å²) in [6, 6.07) is 22.5.